The van der Waals surface area contributed by atoms with Crippen LogP contribution in [0, 0.1) is 0 Å². The quantitative estimate of drug-likeness (QED) is 0.635. The number of rotatable bonds is 4. The van der Waals surface area contributed by atoms with Crippen molar-refractivity contribution < 1.29 is 9.47 Å². The van der Waals surface area contributed by atoms with Gasteiger partial charge in [0, 0.05) is 37.1 Å². The Morgan fingerprint density at radius 3 is 2.50 bits per heavy atom. The van der Waals surface area contributed by atoms with Crippen molar-refractivity contribution in [1.82, 2.24) is 14.9 Å². The number of nitrogens with zero attached hydrogens (tertiary/aromatic N) is 4. The van der Waals surface area contributed by atoms with Crippen molar-refractivity contribution in [3.63, 3.8) is 0 Å². The summed E-state index contributed by atoms with van der Waals surface area (Å²) in [5.74, 6) is 1.94. The van der Waals surface area contributed by atoms with Gasteiger partial charge in [0.05, 0.1) is 37.4 Å². The molecule has 0 spiro atoms. The van der Waals surface area contributed by atoms with Crippen LogP contribution < -0.4 is 4.90 Å². The summed E-state index contributed by atoms with van der Waals surface area (Å²) in [5, 5.41) is 3.39. The van der Waals surface area contributed by atoms with E-state index in [1.54, 1.807) is 11.3 Å². The zero-order valence-corrected chi connectivity index (χ0v) is 18.4. The van der Waals surface area contributed by atoms with E-state index in [9.17, 15) is 0 Å². The lowest BCUT2D eigenvalue weighted by Gasteiger charge is -2.36. The maximum absolute atomic E-state index is 5.99. The van der Waals surface area contributed by atoms with Crippen molar-refractivity contribution >= 4 is 27.4 Å². The van der Waals surface area contributed by atoms with Crippen LogP contribution in [0.2, 0.25) is 0 Å². The number of hydrogen-bond donors (Lipinski definition) is 0. The van der Waals surface area contributed by atoms with Crippen molar-refractivity contribution in [2.45, 2.75) is 32.6 Å². The first kappa shape index (κ1) is 19.9. The van der Waals surface area contributed by atoms with Gasteiger partial charge >= 0.3 is 0 Å². The van der Waals surface area contributed by atoms with Crippen molar-refractivity contribution in [1.29, 1.82) is 0 Å². The van der Waals surface area contributed by atoms with Gasteiger partial charge in [0.25, 0.3) is 0 Å². The Morgan fingerprint density at radius 1 is 1.03 bits per heavy atom. The van der Waals surface area contributed by atoms with E-state index in [1.807, 2.05) is 0 Å². The third kappa shape index (κ3) is 4.07. The minimum Gasteiger partial charge on any atom is -0.379 e. The van der Waals surface area contributed by atoms with Crippen LogP contribution in [0.15, 0.2) is 35.7 Å². The van der Waals surface area contributed by atoms with Gasteiger partial charge in [-0.25, -0.2) is 9.97 Å². The standard InChI is InChI=1S/C23H28N4O2S/c1-16-12-27(13-17(2)29-16)22-21-19(18-6-4-3-5-7-18)15-30-23(21)25-20(24-22)14-26-8-10-28-11-9-26/h3-7,15-17H,8-14H2,1-2H3. The molecule has 3 aromatic rings. The second-order valence-corrected chi connectivity index (χ2v) is 9.07. The molecule has 0 amide bonds. The van der Waals surface area contributed by atoms with Gasteiger partial charge in [-0.2, -0.15) is 0 Å². The molecule has 2 aromatic heterocycles. The fourth-order valence-electron chi connectivity index (χ4n) is 4.41. The van der Waals surface area contributed by atoms with E-state index >= 15 is 0 Å². The van der Waals surface area contributed by atoms with Crippen LogP contribution in [0.5, 0.6) is 0 Å². The molecule has 0 bridgehead atoms. The van der Waals surface area contributed by atoms with E-state index < -0.39 is 0 Å². The number of anilines is 1. The van der Waals surface area contributed by atoms with Gasteiger partial charge in [0.1, 0.15) is 16.5 Å². The molecule has 1 aromatic carbocycles. The van der Waals surface area contributed by atoms with Crippen LogP contribution in [-0.2, 0) is 16.0 Å². The minimum absolute atomic E-state index is 0.181. The molecule has 4 heterocycles. The van der Waals surface area contributed by atoms with Gasteiger partial charge in [0.15, 0.2) is 0 Å². The lowest BCUT2D eigenvalue weighted by molar-refractivity contribution is -0.00541. The lowest BCUT2D eigenvalue weighted by atomic mass is 10.1. The molecule has 2 fully saturated rings. The number of morpholine rings is 2. The Hall–Kier alpha value is -2.06. The average Bonchev–Trinajstić information content (AvgIpc) is 3.18. The number of fused-ring (bicyclic) bond motifs is 1. The van der Waals surface area contributed by atoms with Gasteiger partial charge in [-0.3, -0.25) is 4.90 Å². The van der Waals surface area contributed by atoms with E-state index in [0.29, 0.717) is 0 Å². The van der Waals surface area contributed by atoms with Crippen LogP contribution in [0.25, 0.3) is 21.3 Å². The van der Waals surface area contributed by atoms with Crippen molar-refractivity contribution in [3.05, 3.63) is 41.5 Å². The van der Waals surface area contributed by atoms with Crippen LogP contribution in [0.3, 0.4) is 0 Å². The Bertz CT molecular complexity index is 993. The van der Waals surface area contributed by atoms with Crippen molar-refractivity contribution in [3.8, 4) is 11.1 Å². The Balaban J connectivity index is 1.59. The first-order chi connectivity index (χ1) is 14.7. The van der Waals surface area contributed by atoms with Crippen LogP contribution in [0.4, 0.5) is 5.82 Å². The summed E-state index contributed by atoms with van der Waals surface area (Å²) in [6, 6.07) is 10.6. The molecule has 2 saturated heterocycles. The topological polar surface area (TPSA) is 50.7 Å². The van der Waals surface area contributed by atoms with E-state index in [-0.39, 0.29) is 12.2 Å². The van der Waals surface area contributed by atoms with Gasteiger partial charge in [-0.1, -0.05) is 30.3 Å². The van der Waals surface area contributed by atoms with E-state index in [4.69, 9.17) is 19.4 Å². The maximum atomic E-state index is 5.99. The van der Waals surface area contributed by atoms with Gasteiger partial charge in [-0.15, -0.1) is 11.3 Å². The number of hydrogen-bond acceptors (Lipinski definition) is 7. The molecule has 0 aliphatic carbocycles. The lowest BCUT2D eigenvalue weighted by Crippen LogP contribution is -2.46. The predicted molar refractivity (Wildman–Crippen MR) is 121 cm³/mol. The number of thiophene rings is 1. The van der Waals surface area contributed by atoms with Crippen LogP contribution >= 0.6 is 11.3 Å². The predicted octanol–water partition coefficient (Wildman–Crippen LogP) is 3.80. The molecule has 0 N–H and O–H groups in total. The number of ether oxygens (including phenoxy) is 2. The molecule has 2 atom stereocenters. The zero-order chi connectivity index (χ0) is 20.5. The highest BCUT2D eigenvalue weighted by Crippen LogP contribution is 2.39. The van der Waals surface area contributed by atoms with E-state index in [2.05, 4.69) is 59.4 Å². The molecule has 7 heteroatoms. The molecular formula is C23H28N4O2S. The third-order valence-corrected chi connectivity index (χ3v) is 6.61. The molecule has 0 radical (unpaired) electrons. The van der Waals surface area contributed by atoms with Crippen LogP contribution in [0.1, 0.15) is 19.7 Å². The first-order valence-corrected chi connectivity index (χ1v) is 11.6. The normalized spacial score (nSPS) is 23.2. The van der Waals surface area contributed by atoms with Crippen LogP contribution in [-0.4, -0.2) is 66.5 Å². The largest absolute Gasteiger partial charge is 0.379 e. The molecule has 30 heavy (non-hydrogen) atoms. The Kier molecular flexibility index (Phi) is 5.69. The van der Waals surface area contributed by atoms with Gasteiger partial charge in [0.2, 0.25) is 0 Å². The minimum atomic E-state index is 0.181. The second kappa shape index (κ2) is 8.59. The molecular weight excluding hydrogens is 396 g/mol. The summed E-state index contributed by atoms with van der Waals surface area (Å²) >= 11 is 1.71. The monoisotopic (exact) mass is 424 g/mol. The highest BCUT2D eigenvalue weighted by Gasteiger charge is 2.27. The third-order valence-electron chi connectivity index (χ3n) is 5.73. The second-order valence-electron chi connectivity index (χ2n) is 8.21. The molecule has 0 saturated carbocycles. The SMILES string of the molecule is CC1CN(c2nc(CN3CCOCC3)nc3scc(-c4ccccc4)c23)CC(C)O1. The Morgan fingerprint density at radius 2 is 1.77 bits per heavy atom. The van der Waals surface area contributed by atoms with Crippen molar-refractivity contribution in [2.24, 2.45) is 0 Å². The molecule has 158 valence electrons. The summed E-state index contributed by atoms with van der Waals surface area (Å²) in [6.45, 7) is 10.2. The first-order valence-electron chi connectivity index (χ1n) is 10.7. The fraction of sp³-hybridized carbons (Fsp3) is 0.478. The smallest absolute Gasteiger partial charge is 0.146 e. The van der Waals surface area contributed by atoms with E-state index in [1.165, 1.54) is 16.5 Å². The highest BCUT2D eigenvalue weighted by molar-refractivity contribution is 7.17. The summed E-state index contributed by atoms with van der Waals surface area (Å²) in [6.07, 6.45) is 0.362. The zero-order valence-electron chi connectivity index (χ0n) is 17.6. The Labute approximate surface area is 181 Å². The molecule has 5 rings (SSSR count). The molecule has 2 unspecified atom stereocenters. The summed E-state index contributed by atoms with van der Waals surface area (Å²) < 4.78 is 11.5. The fourth-order valence-corrected chi connectivity index (χ4v) is 5.37. The average molecular weight is 425 g/mol. The van der Waals surface area contributed by atoms with E-state index in [0.717, 1.165) is 62.4 Å². The number of benzene rings is 1. The summed E-state index contributed by atoms with van der Waals surface area (Å²) in [5.41, 5.74) is 2.43. The highest BCUT2D eigenvalue weighted by atomic mass is 32.1. The molecule has 6 nitrogen and oxygen atoms in total. The van der Waals surface area contributed by atoms with Gasteiger partial charge in [-0.05, 0) is 19.4 Å². The van der Waals surface area contributed by atoms with Gasteiger partial charge < -0.3 is 14.4 Å². The molecule has 2 aliphatic rings. The number of aromatic nitrogens is 2. The van der Waals surface area contributed by atoms with Crippen molar-refractivity contribution in [2.75, 3.05) is 44.3 Å². The summed E-state index contributed by atoms with van der Waals surface area (Å²) in [7, 11) is 0. The summed E-state index contributed by atoms with van der Waals surface area (Å²) in [4.78, 5) is 15.9. The molecule has 2 aliphatic heterocycles. The maximum Gasteiger partial charge on any atom is 0.146 e.